The van der Waals surface area contributed by atoms with E-state index in [0.717, 1.165) is 15.1 Å². The van der Waals surface area contributed by atoms with E-state index >= 15 is 0 Å². The molecule has 22 heavy (non-hydrogen) atoms. The number of ether oxygens (including phenoxy) is 1. The van der Waals surface area contributed by atoms with Gasteiger partial charge in [0, 0.05) is 16.5 Å². The maximum Gasteiger partial charge on any atom is 0.328 e. The summed E-state index contributed by atoms with van der Waals surface area (Å²) >= 11 is 1.66. The van der Waals surface area contributed by atoms with Crippen LogP contribution in [0.2, 0.25) is 0 Å². The van der Waals surface area contributed by atoms with Gasteiger partial charge in [0.25, 0.3) is 5.56 Å². The third kappa shape index (κ3) is 4.21. The van der Waals surface area contributed by atoms with Crippen LogP contribution in [0.4, 0.5) is 0 Å². The highest BCUT2D eigenvalue weighted by Crippen LogP contribution is 2.20. The monoisotopic (exact) mass is 318 g/mol. The Morgan fingerprint density at radius 1 is 1.23 bits per heavy atom. The van der Waals surface area contributed by atoms with Gasteiger partial charge in [-0.2, -0.15) is 5.10 Å². The van der Waals surface area contributed by atoms with Gasteiger partial charge >= 0.3 is 5.97 Å². The van der Waals surface area contributed by atoms with Gasteiger partial charge in [0.1, 0.15) is 6.54 Å². The van der Waals surface area contributed by atoms with Crippen molar-refractivity contribution in [2.45, 2.75) is 31.4 Å². The minimum atomic E-state index is -0.473. The van der Waals surface area contributed by atoms with Gasteiger partial charge in [0.15, 0.2) is 0 Å². The number of nitrogens with zero attached hydrogens (tertiary/aromatic N) is 2. The van der Waals surface area contributed by atoms with Gasteiger partial charge < -0.3 is 4.74 Å². The van der Waals surface area contributed by atoms with Crippen molar-refractivity contribution in [1.29, 1.82) is 0 Å². The van der Waals surface area contributed by atoms with Gasteiger partial charge in [0.2, 0.25) is 0 Å². The summed E-state index contributed by atoms with van der Waals surface area (Å²) in [5, 5.41) is 4.24. The predicted molar refractivity (Wildman–Crippen MR) is 86.9 cm³/mol. The first-order valence-corrected chi connectivity index (χ1v) is 8.14. The molecular weight excluding hydrogens is 300 g/mol. The molecule has 0 N–H and O–H groups in total. The number of hydrogen-bond acceptors (Lipinski definition) is 5. The van der Waals surface area contributed by atoms with E-state index in [1.165, 1.54) is 6.07 Å². The Kier molecular flexibility index (Phi) is 5.38. The van der Waals surface area contributed by atoms with Crippen LogP contribution in [0.25, 0.3) is 11.3 Å². The summed E-state index contributed by atoms with van der Waals surface area (Å²) in [4.78, 5) is 24.6. The molecule has 0 aliphatic rings. The molecule has 5 nitrogen and oxygen atoms in total. The smallest absolute Gasteiger partial charge is 0.328 e. The molecule has 0 amide bonds. The van der Waals surface area contributed by atoms with Crippen molar-refractivity contribution in [2.75, 3.05) is 6.26 Å². The molecule has 0 fully saturated rings. The molecule has 0 unspecified atom stereocenters. The highest BCUT2D eigenvalue weighted by Gasteiger charge is 2.10. The van der Waals surface area contributed by atoms with Gasteiger partial charge in [-0.15, -0.1) is 11.8 Å². The van der Waals surface area contributed by atoms with Crippen LogP contribution in [0.3, 0.4) is 0 Å². The van der Waals surface area contributed by atoms with E-state index in [4.69, 9.17) is 4.74 Å². The van der Waals surface area contributed by atoms with Crippen LogP contribution >= 0.6 is 11.8 Å². The second kappa shape index (κ2) is 7.26. The molecule has 0 saturated carbocycles. The molecule has 0 saturated heterocycles. The number of aromatic nitrogens is 2. The van der Waals surface area contributed by atoms with Gasteiger partial charge in [-0.3, -0.25) is 9.59 Å². The quantitative estimate of drug-likeness (QED) is 0.626. The first kappa shape index (κ1) is 16.3. The number of benzene rings is 1. The third-order valence-corrected chi connectivity index (χ3v) is 3.64. The summed E-state index contributed by atoms with van der Waals surface area (Å²) < 4.78 is 6.17. The summed E-state index contributed by atoms with van der Waals surface area (Å²) in [6, 6.07) is 10.9. The number of carbonyl (C=O) groups is 1. The lowest BCUT2D eigenvalue weighted by atomic mass is 10.1. The van der Waals surface area contributed by atoms with Crippen LogP contribution in [0.1, 0.15) is 13.8 Å². The molecule has 1 aromatic heterocycles. The first-order chi connectivity index (χ1) is 10.5. The standard InChI is InChI=1S/C16H18N2O3S/c1-11(2)21-16(20)10-18-15(19)9-8-14(17-18)12-4-6-13(22-3)7-5-12/h4-9,11H,10H2,1-3H3. The number of esters is 1. The Morgan fingerprint density at radius 2 is 1.91 bits per heavy atom. The molecular formula is C16H18N2O3S. The molecule has 6 heteroatoms. The number of thioether (sulfide) groups is 1. The Balaban J connectivity index is 2.25. The number of hydrogen-bond donors (Lipinski definition) is 0. The molecule has 2 aromatic rings. The fraction of sp³-hybridized carbons (Fsp3) is 0.312. The zero-order chi connectivity index (χ0) is 16.1. The van der Waals surface area contributed by atoms with Crippen LogP contribution in [-0.4, -0.2) is 28.1 Å². The molecule has 0 atom stereocenters. The lowest BCUT2D eigenvalue weighted by Gasteiger charge is -2.10. The highest BCUT2D eigenvalue weighted by atomic mass is 32.2. The molecule has 0 bridgehead atoms. The molecule has 0 spiro atoms. The van der Waals surface area contributed by atoms with E-state index < -0.39 is 5.97 Å². The van der Waals surface area contributed by atoms with Gasteiger partial charge in [0.05, 0.1) is 11.8 Å². The molecule has 0 aliphatic carbocycles. The number of carbonyl (C=O) groups excluding carboxylic acids is 1. The molecule has 0 aliphatic heterocycles. The SMILES string of the molecule is CSc1ccc(-c2ccc(=O)n(CC(=O)OC(C)C)n2)cc1. The molecule has 1 heterocycles. The molecule has 1 aromatic carbocycles. The van der Waals surface area contributed by atoms with Gasteiger partial charge in [-0.05, 0) is 38.3 Å². The lowest BCUT2D eigenvalue weighted by Crippen LogP contribution is -2.28. The Morgan fingerprint density at radius 3 is 2.50 bits per heavy atom. The first-order valence-electron chi connectivity index (χ1n) is 6.91. The predicted octanol–water partition coefficient (Wildman–Crippen LogP) is 2.58. The van der Waals surface area contributed by atoms with Crippen molar-refractivity contribution >= 4 is 17.7 Å². The lowest BCUT2D eigenvalue weighted by molar-refractivity contribution is -0.148. The summed E-state index contributed by atoms with van der Waals surface area (Å²) in [5.74, 6) is -0.473. The average Bonchev–Trinajstić information content (AvgIpc) is 2.49. The third-order valence-electron chi connectivity index (χ3n) is 2.90. The Bertz CT molecular complexity index is 708. The summed E-state index contributed by atoms with van der Waals surface area (Å²) in [7, 11) is 0. The van der Waals surface area contributed by atoms with Crippen molar-refractivity contribution in [2.24, 2.45) is 0 Å². The van der Waals surface area contributed by atoms with Crippen molar-refractivity contribution < 1.29 is 9.53 Å². The maximum absolute atomic E-state index is 11.8. The van der Waals surface area contributed by atoms with E-state index in [0.29, 0.717) is 5.69 Å². The Hall–Kier alpha value is -2.08. The van der Waals surface area contributed by atoms with Crippen LogP contribution in [0, 0.1) is 0 Å². The van der Waals surface area contributed by atoms with Crippen molar-refractivity contribution in [3.8, 4) is 11.3 Å². The van der Waals surface area contributed by atoms with Crippen LogP contribution < -0.4 is 5.56 Å². The summed E-state index contributed by atoms with van der Waals surface area (Å²) in [6.07, 6.45) is 1.79. The summed E-state index contributed by atoms with van der Waals surface area (Å²) in [5.41, 5.74) is 1.21. The second-order valence-corrected chi connectivity index (χ2v) is 5.86. The molecule has 2 rings (SSSR count). The summed E-state index contributed by atoms with van der Waals surface area (Å²) in [6.45, 7) is 3.34. The molecule has 0 radical (unpaired) electrons. The van der Waals surface area contributed by atoms with E-state index in [1.807, 2.05) is 30.5 Å². The highest BCUT2D eigenvalue weighted by molar-refractivity contribution is 7.98. The fourth-order valence-corrected chi connectivity index (χ4v) is 2.31. The van der Waals surface area contributed by atoms with E-state index in [-0.39, 0.29) is 18.2 Å². The van der Waals surface area contributed by atoms with E-state index in [2.05, 4.69) is 5.10 Å². The zero-order valence-electron chi connectivity index (χ0n) is 12.8. The van der Waals surface area contributed by atoms with E-state index in [1.54, 1.807) is 31.7 Å². The van der Waals surface area contributed by atoms with Crippen LogP contribution in [0.5, 0.6) is 0 Å². The number of rotatable bonds is 5. The Labute approximate surface area is 133 Å². The van der Waals surface area contributed by atoms with E-state index in [9.17, 15) is 9.59 Å². The fourth-order valence-electron chi connectivity index (χ4n) is 1.90. The van der Waals surface area contributed by atoms with Crippen LogP contribution in [0.15, 0.2) is 46.1 Å². The minimum Gasteiger partial charge on any atom is -0.462 e. The van der Waals surface area contributed by atoms with Gasteiger partial charge in [-0.25, -0.2) is 4.68 Å². The van der Waals surface area contributed by atoms with Crippen molar-refractivity contribution in [3.63, 3.8) is 0 Å². The molecule has 116 valence electrons. The maximum atomic E-state index is 11.8. The zero-order valence-corrected chi connectivity index (χ0v) is 13.6. The second-order valence-electron chi connectivity index (χ2n) is 4.98. The minimum absolute atomic E-state index is 0.187. The largest absolute Gasteiger partial charge is 0.462 e. The van der Waals surface area contributed by atoms with Crippen LogP contribution in [-0.2, 0) is 16.1 Å². The van der Waals surface area contributed by atoms with Crippen molar-refractivity contribution in [1.82, 2.24) is 9.78 Å². The van der Waals surface area contributed by atoms with Crippen molar-refractivity contribution in [3.05, 3.63) is 46.8 Å². The average molecular weight is 318 g/mol. The topological polar surface area (TPSA) is 61.2 Å². The van der Waals surface area contributed by atoms with Gasteiger partial charge in [-0.1, -0.05) is 12.1 Å². The normalized spacial score (nSPS) is 10.7.